The summed E-state index contributed by atoms with van der Waals surface area (Å²) in [7, 11) is 1.92. The maximum atomic E-state index is 11.3. The zero-order valence-corrected chi connectivity index (χ0v) is 10.9. The SMILES string of the molecule is CNCC1(c2nc(C(=O)O)c3ccccn23)CCC1. The van der Waals surface area contributed by atoms with Crippen LogP contribution in [0.2, 0.25) is 0 Å². The first-order chi connectivity index (χ1) is 9.18. The third-order valence-corrected chi connectivity index (χ3v) is 4.05. The van der Waals surface area contributed by atoms with Gasteiger partial charge in [-0.15, -0.1) is 0 Å². The van der Waals surface area contributed by atoms with Crippen molar-refractivity contribution in [2.45, 2.75) is 24.7 Å². The number of aromatic carboxylic acids is 1. The minimum Gasteiger partial charge on any atom is -0.476 e. The molecule has 5 nitrogen and oxygen atoms in total. The van der Waals surface area contributed by atoms with Gasteiger partial charge in [0.25, 0.3) is 0 Å². The van der Waals surface area contributed by atoms with E-state index in [1.165, 1.54) is 6.42 Å². The van der Waals surface area contributed by atoms with Crippen LogP contribution in [0, 0.1) is 0 Å². The largest absolute Gasteiger partial charge is 0.476 e. The molecule has 0 unspecified atom stereocenters. The van der Waals surface area contributed by atoms with Crippen molar-refractivity contribution in [3.8, 4) is 0 Å². The molecule has 0 atom stereocenters. The summed E-state index contributed by atoms with van der Waals surface area (Å²) in [5.41, 5.74) is 0.803. The quantitative estimate of drug-likeness (QED) is 0.876. The molecule has 0 spiro atoms. The van der Waals surface area contributed by atoms with Gasteiger partial charge < -0.3 is 14.8 Å². The summed E-state index contributed by atoms with van der Waals surface area (Å²) in [5.74, 6) is -0.0880. The normalized spacial score (nSPS) is 17.3. The first-order valence-electron chi connectivity index (χ1n) is 6.53. The van der Waals surface area contributed by atoms with Gasteiger partial charge in [-0.1, -0.05) is 12.5 Å². The zero-order valence-electron chi connectivity index (χ0n) is 10.9. The van der Waals surface area contributed by atoms with Crippen LogP contribution in [0.3, 0.4) is 0 Å². The molecule has 0 aromatic carbocycles. The summed E-state index contributed by atoms with van der Waals surface area (Å²) in [6.07, 6.45) is 5.19. The highest BCUT2D eigenvalue weighted by Gasteiger charge is 2.42. The number of pyridine rings is 1. The van der Waals surface area contributed by atoms with E-state index in [1.54, 1.807) is 0 Å². The van der Waals surface area contributed by atoms with Gasteiger partial charge >= 0.3 is 5.97 Å². The fourth-order valence-electron chi connectivity index (χ4n) is 2.99. The lowest BCUT2D eigenvalue weighted by Crippen LogP contribution is -2.44. The Kier molecular flexibility index (Phi) is 2.78. The Hall–Kier alpha value is -1.88. The number of nitrogens with one attached hydrogen (secondary N) is 1. The lowest BCUT2D eigenvalue weighted by Gasteiger charge is -2.40. The molecule has 0 aliphatic heterocycles. The molecule has 2 aromatic heterocycles. The van der Waals surface area contributed by atoms with E-state index in [9.17, 15) is 9.90 Å². The van der Waals surface area contributed by atoms with Crippen LogP contribution >= 0.6 is 0 Å². The van der Waals surface area contributed by atoms with Gasteiger partial charge in [0, 0.05) is 18.2 Å². The van der Waals surface area contributed by atoms with E-state index < -0.39 is 5.97 Å². The lowest BCUT2D eigenvalue weighted by molar-refractivity contribution is 0.0692. The Bertz CT molecular complexity index is 629. The Morgan fingerprint density at radius 2 is 2.32 bits per heavy atom. The molecule has 3 rings (SSSR count). The molecule has 19 heavy (non-hydrogen) atoms. The summed E-state index contributed by atoms with van der Waals surface area (Å²) in [5, 5.41) is 12.5. The van der Waals surface area contributed by atoms with Gasteiger partial charge in [-0.05, 0) is 32.0 Å². The first kappa shape index (κ1) is 12.2. The number of likely N-dealkylation sites (N-methyl/N-ethyl adjacent to an activating group) is 1. The highest BCUT2D eigenvalue weighted by molar-refractivity contribution is 5.93. The van der Waals surface area contributed by atoms with Crippen molar-refractivity contribution in [1.29, 1.82) is 0 Å². The van der Waals surface area contributed by atoms with Gasteiger partial charge in [-0.2, -0.15) is 0 Å². The Morgan fingerprint density at radius 1 is 1.53 bits per heavy atom. The summed E-state index contributed by atoms with van der Waals surface area (Å²) in [4.78, 5) is 15.8. The number of carboxylic acid groups (broad SMARTS) is 1. The highest BCUT2D eigenvalue weighted by atomic mass is 16.4. The van der Waals surface area contributed by atoms with Crippen molar-refractivity contribution in [1.82, 2.24) is 14.7 Å². The number of aromatic nitrogens is 2. The number of nitrogens with zero attached hydrogens (tertiary/aromatic N) is 2. The predicted octanol–water partition coefficient (Wildman–Crippen LogP) is 1.67. The molecule has 1 fully saturated rings. The van der Waals surface area contributed by atoms with Gasteiger partial charge in [-0.25, -0.2) is 9.78 Å². The minimum atomic E-state index is -0.964. The molecular weight excluding hydrogens is 242 g/mol. The van der Waals surface area contributed by atoms with E-state index >= 15 is 0 Å². The summed E-state index contributed by atoms with van der Waals surface area (Å²) in [6, 6.07) is 5.57. The fraction of sp³-hybridized carbons (Fsp3) is 0.429. The highest BCUT2D eigenvalue weighted by Crippen LogP contribution is 2.43. The molecule has 1 aliphatic carbocycles. The number of fused-ring (bicyclic) bond motifs is 1. The van der Waals surface area contributed by atoms with E-state index in [2.05, 4.69) is 10.3 Å². The number of carboxylic acids is 1. The van der Waals surface area contributed by atoms with Crippen molar-refractivity contribution in [3.05, 3.63) is 35.9 Å². The van der Waals surface area contributed by atoms with Crippen LogP contribution in [0.15, 0.2) is 24.4 Å². The molecule has 2 heterocycles. The average Bonchev–Trinajstić information content (AvgIpc) is 2.74. The third kappa shape index (κ3) is 1.73. The number of carbonyl (C=O) groups is 1. The third-order valence-electron chi connectivity index (χ3n) is 4.05. The molecule has 2 aromatic rings. The predicted molar refractivity (Wildman–Crippen MR) is 71.6 cm³/mol. The van der Waals surface area contributed by atoms with E-state index in [-0.39, 0.29) is 11.1 Å². The maximum Gasteiger partial charge on any atom is 0.356 e. The Labute approximate surface area is 111 Å². The molecule has 100 valence electrons. The second kappa shape index (κ2) is 4.35. The van der Waals surface area contributed by atoms with Crippen molar-refractivity contribution in [2.75, 3.05) is 13.6 Å². The molecule has 1 saturated carbocycles. The van der Waals surface area contributed by atoms with Crippen LogP contribution in [0.5, 0.6) is 0 Å². The van der Waals surface area contributed by atoms with E-state index in [1.807, 2.05) is 35.8 Å². The van der Waals surface area contributed by atoms with Gasteiger partial charge in [0.15, 0.2) is 5.69 Å². The molecule has 0 radical (unpaired) electrons. The van der Waals surface area contributed by atoms with Gasteiger partial charge in [0.05, 0.1) is 5.52 Å². The van der Waals surface area contributed by atoms with Crippen LogP contribution in [-0.4, -0.2) is 34.1 Å². The van der Waals surface area contributed by atoms with Crippen LogP contribution in [0.4, 0.5) is 0 Å². The van der Waals surface area contributed by atoms with Crippen molar-refractivity contribution in [3.63, 3.8) is 0 Å². The van der Waals surface area contributed by atoms with Crippen LogP contribution in [0.1, 0.15) is 35.6 Å². The average molecular weight is 259 g/mol. The van der Waals surface area contributed by atoms with Crippen molar-refractivity contribution in [2.24, 2.45) is 0 Å². The van der Waals surface area contributed by atoms with Crippen molar-refractivity contribution < 1.29 is 9.90 Å². The molecule has 1 aliphatic rings. The van der Waals surface area contributed by atoms with E-state index in [4.69, 9.17) is 0 Å². The molecule has 0 amide bonds. The number of imidazole rings is 1. The van der Waals surface area contributed by atoms with Gasteiger partial charge in [0.2, 0.25) is 0 Å². The van der Waals surface area contributed by atoms with E-state index in [0.29, 0.717) is 5.52 Å². The van der Waals surface area contributed by atoms with Gasteiger partial charge in [0.1, 0.15) is 5.82 Å². The topological polar surface area (TPSA) is 66.6 Å². The fourth-order valence-corrected chi connectivity index (χ4v) is 2.99. The monoisotopic (exact) mass is 259 g/mol. The zero-order chi connectivity index (χ0) is 13.5. The standard InChI is InChI=1S/C14H17N3O2/c1-15-9-14(6-4-7-14)13-16-11(12(18)19)10-5-2-3-8-17(10)13/h2-3,5,8,15H,4,6-7,9H2,1H3,(H,18,19). The molecule has 0 bridgehead atoms. The second-order valence-electron chi connectivity index (χ2n) is 5.21. The van der Waals surface area contributed by atoms with Crippen molar-refractivity contribution >= 4 is 11.5 Å². The molecular formula is C14H17N3O2. The first-order valence-corrected chi connectivity index (χ1v) is 6.53. The second-order valence-corrected chi connectivity index (χ2v) is 5.21. The van der Waals surface area contributed by atoms with Crippen LogP contribution in [0.25, 0.3) is 5.52 Å². The van der Waals surface area contributed by atoms with Crippen LogP contribution < -0.4 is 5.32 Å². The number of hydrogen-bond donors (Lipinski definition) is 2. The molecule has 0 saturated heterocycles. The lowest BCUT2D eigenvalue weighted by atomic mass is 9.68. The van der Waals surface area contributed by atoms with E-state index in [0.717, 1.165) is 25.2 Å². The molecule has 2 N–H and O–H groups in total. The summed E-state index contributed by atoms with van der Waals surface area (Å²) < 4.78 is 1.93. The number of hydrogen-bond acceptors (Lipinski definition) is 3. The smallest absolute Gasteiger partial charge is 0.356 e. The molecule has 5 heteroatoms. The summed E-state index contributed by atoms with van der Waals surface area (Å²) >= 11 is 0. The minimum absolute atomic E-state index is 0.0211. The Morgan fingerprint density at radius 3 is 2.89 bits per heavy atom. The Balaban J connectivity index is 2.21. The van der Waals surface area contributed by atoms with Crippen LogP contribution in [-0.2, 0) is 5.41 Å². The summed E-state index contributed by atoms with van der Waals surface area (Å²) in [6.45, 7) is 0.833. The van der Waals surface area contributed by atoms with Gasteiger partial charge in [-0.3, -0.25) is 0 Å². The number of rotatable bonds is 4. The maximum absolute atomic E-state index is 11.3.